The standard InChI is InChI=1S/C16H20BrFN2O3/c1-9-6-12(22)19-20-15(9)10-4-5-11(13(17)14(10)18)23-8-16(2,3)7-21/h4-5,9,21H,6-8H2,1-3H3,(H,19,22). The number of benzene rings is 1. The molecule has 2 rings (SSSR count). The number of amides is 1. The molecule has 0 radical (unpaired) electrons. The van der Waals surface area contributed by atoms with E-state index in [0.29, 0.717) is 17.0 Å². The number of aliphatic hydroxyl groups is 1. The Kier molecular flexibility index (Phi) is 5.41. The first-order valence-electron chi connectivity index (χ1n) is 7.33. The Morgan fingerprint density at radius 3 is 2.83 bits per heavy atom. The minimum absolute atomic E-state index is 0.0286. The van der Waals surface area contributed by atoms with Crippen molar-refractivity contribution in [1.82, 2.24) is 5.43 Å². The van der Waals surface area contributed by atoms with Crippen molar-refractivity contribution in [2.24, 2.45) is 16.4 Å². The minimum Gasteiger partial charge on any atom is -0.492 e. The Hall–Kier alpha value is -1.47. The zero-order chi connectivity index (χ0) is 17.2. The third kappa shape index (κ3) is 4.09. The van der Waals surface area contributed by atoms with Crippen molar-refractivity contribution in [3.05, 3.63) is 28.0 Å². The maximum absolute atomic E-state index is 14.6. The van der Waals surface area contributed by atoms with E-state index < -0.39 is 11.2 Å². The number of hydrogen-bond donors (Lipinski definition) is 2. The molecule has 0 aromatic heterocycles. The van der Waals surface area contributed by atoms with Crippen LogP contribution in [0.3, 0.4) is 0 Å². The van der Waals surface area contributed by atoms with Crippen molar-refractivity contribution in [3.8, 4) is 5.75 Å². The zero-order valence-corrected chi connectivity index (χ0v) is 14.9. The molecule has 1 aliphatic heterocycles. The van der Waals surface area contributed by atoms with Gasteiger partial charge in [0.2, 0.25) is 5.91 Å². The zero-order valence-electron chi connectivity index (χ0n) is 13.3. The van der Waals surface area contributed by atoms with Crippen molar-refractivity contribution in [2.45, 2.75) is 27.2 Å². The largest absolute Gasteiger partial charge is 0.492 e. The minimum atomic E-state index is -0.481. The number of nitrogens with one attached hydrogen (secondary N) is 1. The Balaban J connectivity index is 2.26. The van der Waals surface area contributed by atoms with Gasteiger partial charge in [0, 0.05) is 23.3 Å². The summed E-state index contributed by atoms with van der Waals surface area (Å²) in [5.41, 5.74) is 2.80. The van der Waals surface area contributed by atoms with Gasteiger partial charge in [-0.15, -0.1) is 0 Å². The third-order valence-electron chi connectivity index (χ3n) is 3.63. The van der Waals surface area contributed by atoms with Gasteiger partial charge in [-0.1, -0.05) is 20.8 Å². The van der Waals surface area contributed by atoms with Crippen LogP contribution < -0.4 is 10.2 Å². The molecule has 1 aliphatic rings. The lowest BCUT2D eigenvalue weighted by atomic mass is 9.93. The van der Waals surface area contributed by atoms with Crippen LogP contribution in [-0.2, 0) is 4.79 Å². The second kappa shape index (κ2) is 6.97. The molecule has 0 fully saturated rings. The fourth-order valence-corrected chi connectivity index (χ4v) is 2.60. The molecule has 0 spiro atoms. The molecule has 0 aliphatic carbocycles. The maximum Gasteiger partial charge on any atom is 0.240 e. The van der Waals surface area contributed by atoms with E-state index in [4.69, 9.17) is 4.74 Å². The Morgan fingerprint density at radius 1 is 1.52 bits per heavy atom. The summed E-state index contributed by atoms with van der Waals surface area (Å²) in [6.07, 6.45) is 0.277. The number of hydrazone groups is 1. The lowest BCUT2D eigenvalue weighted by Gasteiger charge is -2.23. The van der Waals surface area contributed by atoms with Gasteiger partial charge in [0.25, 0.3) is 0 Å². The van der Waals surface area contributed by atoms with Crippen LogP contribution in [0.15, 0.2) is 21.7 Å². The van der Waals surface area contributed by atoms with Crippen LogP contribution in [0.5, 0.6) is 5.75 Å². The smallest absolute Gasteiger partial charge is 0.240 e. The average molecular weight is 387 g/mol. The highest BCUT2D eigenvalue weighted by Gasteiger charge is 2.26. The van der Waals surface area contributed by atoms with Crippen molar-refractivity contribution in [2.75, 3.05) is 13.2 Å². The topological polar surface area (TPSA) is 70.9 Å². The summed E-state index contributed by atoms with van der Waals surface area (Å²) in [6, 6.07) is 3.25. The molecule has 1 unspecified atom stereocenters. The van der Waals surface area contributed by atoms with Crippen LogP contribution in [0, 0.1) is 17.2 Å². The van der Waals surface area contributed by atoms with Gasteiger partial charge in [-0.3, -0.25) is 4.79 Å². The van der Waals surface area contributed by atoms with Crippen LogP contribution in [0.25, 0.3) is 0 Å². The number of hydrogen-bond acceptors (Lipinski definition) is 4. The van der Waals surface area contributed by atoms with E-state index in [1.165, 1.54) is 0 Å². The molecule has 1 heterocycles. The van der Waals surface area contributed by atoms with Gasteiger partial charge in [-0.2, -0.15) is 5.10 Å². The highest BCUT2D eigenvalue weighted by molar-refractivity contribution is 9.10. The number of halogens is 2. The van der Waals surface area contributed by atoms with Gasteiger partial charge >= 0.3 is 0 Å². The lowest BCUT2D eigenvalue weighted by molar-refractivity contribution is -0.121. The van der Waals surface area contributed by atoms with Crippen molar-refractivity contribution >= 4 is 27.5 Å². The molecular weight excluding hydrogens is 367 g/mol. The SMILES string of the molecule is CC1CC(=O)NN=C1c1ccc(OCC(C)(C)CO)c(Br)c1F. The Bertz CT molecular complexity index is 646. The molecular formula is C16H20BrFN2O3. The summed E-state index contributed by atoms with van der Waals surface area (Å²) < 4.78 is 20.5. The Morgan fingerprint density at radius 2 is 2.22 bits per heavy atom. The third-order valence-corrected chi connectivity index (χ3v) is 4.37. The quantitative estimate of drug-likeness (QED) is 0.816. The van der Waals surface area contributed by atoms with E-state index in [-0.39, 0.29) is 35.9 Å². The van der Waals surface area contributed by atoms with E-state index in [2.05, 4.69) is 26.5 Å². The fraction of sp³-hybridized carbons (Fsp3) is 0.500. The van der Waals surface area contributed by atoms with Gasteiger partial charge < -0.3 is 9.84 Å². The summed E-state index contributed by atoms with van der Waals surface area (Å²) in [6.45, 7) is 5.77. The van der Waals surface area contributed by atoms with Crippen LogP contribution in [0.4, 0.5) is 4.39 Å². The fourth-order valence-electron chi connectivity index (χ4n) is 2.14. The monoisotopic (exact) mass is 386 g/mol. The molecule has 0 bridgehead atoms. The Labute approximate surface area is 143 Å². The normalized spacial score (nSPS) is 18.4. The first-order chi connectivity index (χ1) is 10.7. The van der Waals surface area contributed by atoms with Gasteiger partial charge in [0.05, 0.1) is 23.4 Å². The summed E-state index contributed by atoms with van der Waals surface area (Å²) >= 11 is 3.21. The number of nitrogens with zero attached hydrogens (tertiary/aromatic N) is 1. The van der Waals surface area contributed by atoms with Crippen LogP contribution in [-0.4, -0.2) is 29.9 Å². The number of aliphatic hydroxyl groups excluding tert-OH is 1. The van der Waals surface area contributed by atoms with Gasteiger partial charge in [0.15, 0.2) is 0 Å². The second-order valence-corrected chi connectivity index (χ2v) is 7.28. The molecule has 1 aromatic rings. The van der Waals surface area contributed by atoms with Crippen LogP contribution in [0.1, 0.15) is 32.8 Å². The van der Waals surface area contributed by atoms with Crippen LogP contribution >= 0.6 is 15.9 Å². The van der Waals surface area contributed by atoms with Crippen molar-refractivity contribution < 1.29 is 19.0 Å². The van der Waals surface area contributed by atoms with Gasteiger partial charge in [-0.05, 0) is 28.1 Å². The van der Waals surface area contributed by atoms with E-state index in [0.717, 1.165) is 0 Å². The molecule has 126 valence electrons. The van der Waals surface area contributed by atoms with E-state index in [1.807, 2.05) is 20.8 Å². The highest BCUT2D eigenvalue weighted by Crippen LogP contribution is 2.33. The summed E-state index contributed by atoms with van der Waals surface area (Å²) in [7, 11) is 0. The predicted molar refractivity (Wildman–Crippen MR) is 88.9 cm³/mol. The summed E-state index contributed by atoms with van der Waals surface area (Å²) in [4.78, 5) is 11.3. The van der Waals surface area contributed by atoms with Gasteiger partial charge in [-0.25, -0.2) is 9.82 Å². The molecule has 23 heavy (non-hydrogen) atoms. The average Bonchev–Trinajstić information content (AvgIpc) is 2.50. The number of carbonyl (C=O) groups is 1. The summed E-state index contributed by atoms with van der Waals surface area (Å²) in [5, 5.41) is 13.2. The maximum atomic E-state index is 14.6. The first kappa shape index (κ1) is 17.9. The number of ether oxygens (including phenoxy) is 1. The molecule has 1 atom stereocenters. The summed E-state index contributed by atoms with van der Waals surface area (Å²) in [5.74, 6) is -0.455. The molecule has 0 saturated carbocycles. The molecule has 0 saturated heterocycles. The molecule has 1 amide bonds. The molecule has 2 N–H and O–H groups in total. The second-order valence-electron chi connectivity index (χ2n) is 6.49. The van der Waals surface area contributed by atoms with E-state index in [1.54, 1.807) is 12.1 Å². The first-order valence-corrected chi connectivity index (χ1v) is 8.13. The van der Waals surface area contributed by atoms with Gasteiger partial charge in [0.1, 0.15) is 11.6 Å². The number of rotatable bonds is 5. The number of carbonyl (C=O) groups excluding carboxylic acids is 1. The predicted octanol–water partition coefficient (Wildman–Crippen LogP) is 2.85. The molecule has 7 heteroatoms. The van der Waals surface area contributed by atoms with Crippen LogP contribution in [0.2, 0.25) is 0 Å². The molecule has 1 aromatic carbocycles. The molecule has 5 nitrogen and oxygen atoms in total. The lowest BCUT2D eigenvalue weighted by Crippen LogP contribution is -2.32. The van der Waals surface area contributed by atoms with Crippen molar-refractivity contribution in [1.29, 1.82) is 0 Å². The van der Waals surface area contributed by atoms with Crippen molar-refractivity contribution in [3.63, 3.8) is 0 Å². The van der Waals surface area contributed by atoms with E-state index >= 15 is 0 Å². The highest BCUT2D eigenvalue weighted by atomic mass is 79.9. The van der Waals surface area contributed by atoms with E-state index in [9.17, 15) is 14.3 Å².